The van der Waals surface area contributed by atoms with Crippen LogP contribution >= 0.6 is 0 Å². The van der Waals surface area contributed by atoms with Crippen LogP contribution in [0, 0.1) is 13.8 Å². The van der Waals surface area contributed by atoms with Gasteiger partial charge in [-0.1, -0.05) is 24.2 Å². The third-order valence-electron chi connectivity index (χ3n) is 4.88. The SMILES string of the molecule is CCc1ccnc2c(C(=O)Nc3cnn(Cc4c(C)noc4C)c3)cccc12. The fraction of sp³-hybridized carbons (Fsp3) is 0.238. The van der Waals surface area contributed by atoms with Gasteiger partial charge in [0.25, 0.3) is 5.91 Å². The maximum Gasteiger partial charge on any atom is 0.257 e. The average molecular weight is 375 g/mol. The molecule has 7 heteroatoms. The Balaban J connectivity index is 1.57. The summed E-state index contributed by atoms with van der Waals surface area (Å²) in [6, 6.07) is 7.67. The standard InChI is InChI=1S/C21H21N5O2/c1-4-15-8-9-22-20-17(15)6-5-7-18(20)21(27)24-16-10-23-26(11-16)12-19-13(2)25-28-14(19)3/h5-11H,4,12H2,1-3H3,(H,24,27). The van der Waals surface area contributed by atoms with Crippen molar-refractivity contribution in [3.63, 3.8) is 0 Å². The number of nitrogens with zero attached hydrogens (tertiary/aromatic N) is 4. The van der Waals surface area contributed by atoms with Gasteiger partial charge in [0, 0.05) is 23.3 Å². The molecule has 0 spiro atoms. The van der Waals surface area contributed by atoms with Crippen LogP contribution in [0.3, 0.4) is 0 Å². The number of para-hydroxylation sites is 1. The molecule has 0 saturated heterocycles. The lowest BCUT2D eigenvalue weighted by Gasteiger charge is -2.08. The van der Waals surface area contributed by atoms with Crippen LogP contribution in [0.2, 0.25) is 0 Å². The lowest BCUT2D eigenvalue weighted by molar-refractivity contribution is 0.102. The molecule has 0 bridgehead atoms. The highest BCUT2D eigenvalue weighted by molar-refractivity contribution is 6.12. The van der Waals surface area contributed by atoms with E-state index in [1.165, 1.54) is 5.56 Å². The first-order valence-electron chi connectivity index (χ1n) is 9.19. The van der Waals surface area contributed by atoms with E-state index in [1.807, 2.05) is 32.0 Å². The molecule has 4 aromatic rings. The Morgan fingerprint density at radius 3 is 2.86 bits per heavy atom. The van der Waals surface area contributed by atoms with E-state index in [1.54, 1.807) is 29.3 Å². The topological polar surface area (TPSA) is 85.8 Å². The van der Waals surface area contributed by atoms with E-state index < -0.39 is 0 Å². The molecule has 0 atom stereocenters. The van der Waals surface area contributed by atoms with Gasteiger partial charge in [0.05, 0.1) is 35.2 Å². The van der Waals surface area contributed by atoms with Gasteiger partial charge in [0.15, 0.2) is 0 Å². The van der Waals surface area contributed by atoms with Crippen LogP contribution in [0.5, 0.6) is 0 Å². The first-order chi connectivity index (χ1) is 13.6. The van der Waals surface area contributed by atoms with E-state index in [9.17, 15) is 4.79 Å². The summed E-state index contributed by atoms with van der Waals surface area (Å²) in [4.78, 5) is 17.3. The molecule has 0 fully saturated rings. The largest absolute Gasteiger partial charge is 0.361 e. The van der Waals surface area contributed by atoms with Crippen LogP contribution in [0.4, 0.5) is 5.69 Å². The highest BCUT2D eigenvalue weighted by Crippen LogP contribution is 2.22. The van der Waals surface area contributed by atoms with Crippen molar-refractivity contribution in [2.24, 2.45) is 0 Å². The number of anilines is 1. The molecule has 0 aliphatic carbocycles. The van der Waals surface area contributed by atoms with Crippen molar-refractivity contribution in [1.29, 1.82) is 0 Å². The van der Waals surface area contributed by atoms with Crippen LogP contribution < -0.4 is 5.32 Å². The number of pyridine rings is 1. The number of nitrogens with one attached hydrogen (secondary N) is 1. The fourth-order valence-electron chi connectivity index (χ4n) is 3.33. The normalized spacial score (nSPS) is 11.1. The maximum atomic E-state index is 12.8. The molecule has 3 aromatic heterocycles. The van der Waals surface area contributed by atoms with E-state index >= 15 is 0 Å². The third-order valence-corrected chi connectivity index (χ3v) is 4.88. The van der Waals surface area contributed by atoms with Gasteiger partial charge in [0.1, 0.15) is 5.76 Å². The molecule has 142 valence electrons. The molecule has 3 heterocycles. The summed E-state index contributed by atoms with van der Waals surface area (Å²) in [5.74, 6) is 0.565. The Kier molecular flexibility index (Phi) is 4.65. The second kappa shape index (κ2) is 7.26. The maximum absolute atomic E-state index is 12.8. The molecular formula is C21H21N5O2. The lowest BCUT2D eigenvalue weighted by atomic mass is 10.0. The summed E-state index contributed by atoms with van der Waals surface area (Å²) in [7, 11) is 0. The second-order valence-electron chi connectivity index (χ2n) is 6.71. The van der Waals surface area contributed by atoms with Crippen molar-refractivity contribution >= 4 is 22.5 Å². The molecule has 0 aliphatic rings. The van der Waals surface area contributed by atoms with Crippen LogP contribution in [0.25, 0.3) is 10.9 Å². The Hall–Kier alpha value is -3.48. The first kappa shape index (κ1) is 17.9. The molecule has 28 heavy (non-hydrogen) atoms. The molecule has 7 nitrogen and oxygen atoms in total. The van der Waals surface area contributed by atoms with Crippen molar-refractivity contribution < 1.29 is 9.32 Å². The molecule has 1 amide bonds. The summed E-state index contributed by atoms with van der Waals surface area (Å²) in [6.07, 6.45) is 6.06. The van der Waals surface area contributed by atoms with E-state index in [2.05, 4.69) is 27.5 Å². The number of aromatic nitrogens is 4. The van der Waals surface area contributed by atoms with E-state index in [4.69, 9.17) is 4.52 Å². The summed E-state index contributed by atoms with van der Waals surface area (Å²) < 4.78 is 6.94. The minimum atomic E-state index is -0.205. The van der Waals surface area contributed by atoms with Gasteiger partial charge in [-0.25, -0.2) is 0 Å². The molecule has 0 radical (unpaired) electrons. The Bertz CT molecular complexity index is 1140. The van der Waals surface area contributed by atoms with Crippen molar-refractivity contribution in [1.82, 2.24) is 19.9 Å². The first-order valence-corrected chi connectivity index (χ1v) is 9.19. The van der Waals surface area contributed by atoms with Crippen molar-refractivity contribution in [2.45, 2.75) is 33.7 Å². The molecule has 4 rings (SSSR count). The van der Waals surface area contributed by atoms with Gasteiger partial charge in [-0.2, -0.15) is 5.10 Å². The van der Waals surface area contributed by atoms with Gasteiger partial charge in [0.2, 0.25) is 0 Å². The van der Waals surface area contributed by atoms with Gasteiger partial charge < -0.3 is 9.84 Å². The fourth-order valence-corrected chi connectivity index (χ4v) is 3.33. The second-order valence-corrected chi connectivity index (χ2v) is 6.71. The van der Waals surface area contributed by atoms with Crippen molar-refractivity contribution in [2.75, 3.05) is 5.32 Å². The predicted molar refractivity (Wildman–Crippen MR) is 106 cm³/mol. The molecule has 0 aliphatic heterocycles. The molecule has 0 saturated carbocycles. The van der Waals surface area contributed by atoms with E-state index in [0.29, 0.717) is 23.3 Å². The lowest BCUT2D eigenvalue weighted by Crippen LogP contribution is -2.12. The zero-order chi connectivity index (χ0) is 19.7. The zero-order valence-electron chi connectivity index (χ0n) is 16.1. The number of hydrogen-bond acceptors (Lipinski definition) is 5. The number of carbonyl (C=O) groups is 1. The summed E-state index contributed by atoms with van der Waals surface area (Å²) in [5, 5.41) is 12.2. The number of fused-ring (bicyclic) bond motifs is 1. The van der Waals surface area contributed by atoms with Crippen molar-refractivity contribution in [3.8, 4) is 0 Å². The number of amides is 1. The average Bonchev–Trinajstić information content (AvgIpc) is 3.28. The summed E-state index contributed by atoms with van der Waals surface area (Å²) >= 11 is 0. The number of aryl methyl sites for hydroxylation is 3. The monoisotopic (exact) mass is 375 g/mol. The van der Waals surface area contributed by atoms with E-state index in [-0.39, 0.29) is 5.91 Å². The van der Waals surface area contributed by atoms with E-state index in [0.717, 1.165) is 28.8 Å². The zero-order valence-corrected chi connectivity index (χ0v) is 16.1. The Labute approximate surface area is 162 Å². The highest BCUT2D eigenvalue weighted by Gasteiger charge is 2.14. The predicted octanol–water partition coefficient (Wildman–Crippen LogP) is 3.90. The molecule has 0 unspecified atom stereocenters. The van der Waals surface area contributed by atoms with Crippen LogP contribution in [-0.4, -0.2) is 25.8 Å². The van der Waals surface area contributed by atoms with Gasteiger partial charge in [-0.15, -0.1) is 0 Å². The van der Waals surface area contributed by atoms with Crippen LogP contribution in [0.15, 0.2) is 47.4 Å². The van der Waals surface area contributed by atoms with Gasteiger partial charge in [-0.3, -0.25) is 14.5 Å². The minimum Gasteiger partial charge on any atom is -0.361 e. The van der Waals surface area contributed by atoms with Crippen LogP contribution in [0.1, 0.15) is 39.9 Å². The summed E-state index contributed by atoms with van der Waals surface area (Å²) in [6.45, 7) is 6.40. The minimum absolute atomic E-state index is 0.205. The molecule has 1 aromatic carbocycles. The van der Waals surface area contributed by atoms with Gasteiger partial charge >= 0.3 is 0 Å². The number of rotatable bonds is 5. The Morgan fingerprint density at radius 2 is 2.11 bits per heavy atom. The van der Waals surface area contributed by atoms with Crippen LogP contribution in [-0.2, 0) is 13.0 Å². The molecule has 1 N–H and O–H groups in total. The molecular weight excluding hydrogens is 354 g/mol. The third kappa shape index (κ3) is 3.26. The van der Waals surface area contributed by atoms with Gasteiger partial charge in [-0.05, 0) is 38.0 Å². The smallest absolute Gasteiger partial charge is 0.257 e. The number of hydrogen-bond donors (Lipinski definition) is 1. The summed E-state index contributed by atoms with van der Waals surface area (Å²) in [5.41, 5.74) is 4.89. The number of benzene rings is 1. The number of carbonyl (C=O) groups excluding carboxylic acids is 1. The quantitative estimate of drug-likeness (QED) is 0.572. The van der Waals surface area contributed by atoms with Crippen molar-refractivity contribution in [3.05, 3.63) is 71.0 Å². The highest BCUT2D eigenvalue weighted by atomic mass is 16.5. The Morgan fingerprint density at radius 1 is 1.25 bits per heavy atom.